The van der Waals surface area contributed by atoms with Crippen molar-refractivity contribution in [3.05, 3.63) is 97.4 Å². The molecule has 1 unspecified atom stereocenters. The number of non-ortho nitro benzene ring substituents is 1. The Hall–Kier alpha value is -4.18. The number of aromatic nitrogens is 1. The number of hydrogen-bond acceptors (Lipinski definition) is 7. The summed E-state index contributed by atoms with van der Waals surface area (Å²) in [5, 5.41) is 13.9. The lowest BCUT2D eigenvalue weighted by atomic mass is 10.0. The largest absolute Gasteiger partial charge is 0.493 e. The smallest absolute Gasteiger partial charge is 0.270 e. The Balaban J connectivity index is 1.86. The first kappa shape index (κ1) is 25.4. The average molecular weight is 500 g/mol. The summed E-state index contributed by atoms with van der Waals surface area (Å²) in [5.74, 6) is -0.461. The number of rotatable bonds is 10. The van der Waals surface area contributed by atoms with E-state index in [1.165, 1.54) is 44.7 Å². The summed E-state index contributed by atoms with van der Waals surface area (Å²) in [7, 11) is 3.03. The third-order valence-corrected chi connectivity index (χ3v) is 5.40. The third-order valence-electron chi connectivity index (χ3n) is 5.18. The van der Waals surface area contributed by atoms with E-state index in [0.29, 0.717) is 17.9 Å². The van der Waals surface area contributed by atoms with Gasteiger partial charge in [0.25, 0.3) is 17.2 Å². The summed E-state index contributed by atoms with van der Waals surface area (Å²) < 4.78 is 11.4. The van der Waals surface area contributed by atoms with Crippen molar-refractivity contribution in [3.63, 3.8) is 0 Å². The fourth-order valence-corrected chi connectivity index (χ4v) is 3.61. The Labute approximate surface area is 205 Å². The predicted octanol–water partition coefficient (Wildman–Crippen LogP) is 3.21. The van der Waals surface area contributed by atoms with Crippen LogP contribution in [0, 0.1) is 10.1 Å². The van der Waals surface area contributed by atoms with Gasteiger partial charge in [0, 0.05) is 36.5 Å². The number of amides is 1. The lowest BCUT2D eigenvalue weighted by Crippen LogP contribution is -2.41. The number of carbonyl (C=O) groups excluding carboxylic acids is 2. The molecule has 182 valence electrons. The van der Waals surface area contributed by atoms with Crippen LogP contribution in [-0.4, -0.2) is 41.9 Å². The van der Waals surface area contributed by atoms with E-state index in [2.05, 4.69) is 5.32 Å². The highest BCUT2D eigenvalue weighted by Gasteiger charge is 2.31. The van der Waals surface area contributed by atoms with Crippen molar-refractivity contribution >= 4 is 29.0 Å². The van der Waals surface area contributed by atoms with E-state index in [4.69, 9.17) is 21.1 Å². The number of nitro benzene ring substituents is 1. The fourth-order valence-electron chi connectivity index (χ4n) is 3.44. The number of ketones is 1. The Kier molecular flexibility index (Phi) is 8.21. The maximum atomic E-state index is 13.3. The average Bonchev–Trinajstić information content (AvgIpc) is 2.86. The van der Waals surface area contributed by atoms with Crippen LogP contribution in [0.4, 0.5) is 5.69 Å². The summed E-state index contributed by atoms with van der Waals surface area (Å²) in [5.41, 5.74) is -0.203. The van der Waals surface area contributed by atoms with E-state index in [1.807, 2.05) is 0 Å². The Morgan fingerprint density at radius 3 is 2.51 bits per heavy atom. The normalized spacial score (nSPS) is 11.4. The first-order valence-electron chi connectivity index (χ1n) is 10.4. The molecule has 1 N–H and O–H groups in total. The van der Waals surface area contributed by atoms with Gasteiger partial charge in [-0.25, -0.2) is 0 Å². The van der Waals surface area contributed by atoms with E-state index in [1.54, 1.807) is 18.2 Å². The molecule has 11 heteroatoms. The van der Waals surface area contributed by atoms with Crippen molar-refractivity contribution in [3.8, 4) is 11.5 Å². The number of methoxy groups -OCH3 is 2. The van der Waals surface area contributed by atoms with Gasteiger partial charge in [0.15, 0.2) is 23.3 Å². The highest BCUT2D eigenvalue weighted by molar-refractivity contribution is 6.30. The monoisotopic (exact) mass is 499 g/mol. The number of ether oxygens (including phenoxy) is 2. The minimum absolute atomic E-state index is 0.0916. The zero-order chi connectivity index (χ0) is 25.5. The summed E-state index contributed by atoms with van der Waals surface area (Å²) in [6.45, 7) is 0.141. The lowest BCUT2D eigenvalue weighted by Gasteiger charge is -2.19. The highest BCUT2D eigenvalue weighted by atomic mass is 35.5. The molecule has 0 saturated carbocycles. The molecule has 1 amide bonds. The minimum atomic E-state index is -1.62. The number of Topliss-reactive ketones (excluding diaryl/α,β-unsaturated/α-hetero) is 1. The van der Waals surface area contributed by atoms with Crippen molar-refractivity contribution in [2.45, 2.75) is 12.5 Å². The molecule has 0 spiro atoms. The third kappa shape index (κ3) is 6.04. The molecular weight excluding hydrogens is 478 g/mol. The molecule has 1 aromatic heterocycles. The van der Waals surface area contributed by atoms with Gasteiger partial charge in [0.1, 0.15) is 0 Å². The lowest BCUT2D eigenvalue weighted by molar-refractivity contribution is -0.384. The first-order valence-corrected chi connectivity index (χ1v) is 10.8. The number of hydrogen-bond donors (Lipinski definition) is 1. The fraction of sp³-hybridized carbons (Fsp3) is 0.208. The number of nitrogens with one attached hydrogen (secondary N) is 1. The molecule has 1 heterocycles. The molecule has 0 saturated heterocycles. The van der Waals surface area contributed by atoms with E-state index >= 15 is 0 Å². The standard InChI is InChI=1S/C24H22ClN3O7/c1-34-19-8-6-15(12-20(19)35-2)10-11-26-24(31)22(27-14-17(25)7-9-21(27)29)23(30)16-4-3-5-18(13-16)28(32)33/h3-9,12-14,22H,10-11H2,1-2H3,(H,26,31). The molecule has 3 aromatic rings. The van der Waals surface area contributed by atoms with E-state index in [0.717, 1.165) is 22.3 Å². The minimum Gasteiger partial charge on any atom is -0.493 e. The number of benzene rings is 2. The van der Waals surface area contributed by atoms with E-state index < -0.39 is 28.2 Å². The molecule has 0 aliphatic carbocycles. The van der Waals surface area contributed by atoms with Crippen LogP contribution < -0.4 is 20.3 Å². The molecule has 0 bridgehead atoms. The van der Waals surface area contributed by atoms with Crippen LogP contribution in [0.1, 0.15) is 22.0 Å². The molecule has 1 atom stereocenters. The van der Waals surface area contributed by atoms with Gasteiger partial charge in [-0.15, -0.1) is 0 Å². The quantitative estimate of drug-likeness (QED) is 0.196. The summed E-state index contributed by atoms with van der Waals surface area (Å²) in [4.78, 5) is 49.4. The van der Waals surface area contributed by atoms with Crippen LogP contribution in [0.25, 0.3) is 0 Å². The van der Waals surface area contributed by atoms with Crippen molar-refractivity contribution < 1.29 is 24.0 Å². The summed E-state index contributed by atoms with van der Waals surface area (Å²) in [6, 6.07) is 11.1. The molecule has 10 nitrogen and oxygen atoms in total. The predicted molar refractivity (Wildman–Crippen MR) is 128 cm³/mol. The number of nitro groups is 1. The number of halogens is 1. The topological polar surface area (TPSA) is 130 Å². The molecule has 3 rings (SSSR count). The van der Waals surface area contributed by atoms with Crippen LogP contribution in [0.5, 0.6) is 11.5 Å². The van der Waals surface area contributed by atoms with Gasteiger partial charge in [-0.2, -0.15) is 0 Å². The summed E-state index contributed by atoms with van der Waals surface area (Å²) >= 11 is 6.01. The first-order chi connectivity index (χ1) is 16.7. The summed E-state index contributed by atoms with van der Waals surface area (Å²) in [6.07, 6.45) is 1.58. The zero-order valence-corrected chi connectivity index (χ0v) is 19.7. The molecule has 35 heavy (non-hydrogen) atoms. The van der Waals surface area contributed by atoms with Crippen molar-refractivity contribution in [2.24, 2.45) is 0 Å². The SMILES string of the molecule is COc1ccc(CCNC(=O)C(C(=O)c2cccc([N+](=O)[O-])c2)n2cc(Cl)ccc2=O)cc1OC. The van der Waals surface area contributed by atoms with Crippen LogP contribution in [0.3, 0.4) is 0 Å². The zero-order valence-electron chi connectivity index (χ0n) is 18.9. The van der Waals surface area contributed by atoms with Crippen LogP contribution >= 0.6 is 11.6 Å². The molecule has 0 aliphatic heterocycles. The second-order valence-corrected chi connectivity index (χ2v) is 7.83. The van der Waals surface area contributed by atoms with Crippen molar-refractivity contribution in [1.82, 2.24) is 9.88 Å². The number of pyridine rings is 1. The molecule has 0 aliphatic rings. The van der Waals surface area contributed by atoms with Gasteiger partial charge in [-0.1, -0.05) is 29.8 Å². The Morgan fingerprint density at radius 2 is 1.83 bits per heavy atom. The van der Waals surface area contributed by atoms with Gasteiger partial charge in [0.05, 0.1) is 24.2 Å². The Morgan fingerprint density at radius 1 is 1.09 bits per heavy atom. The maximum absolute atomic E-state index is 13.3. The number of nitrogens with zero attached hydrogens (tertiary/aromatic N) is 2. The maximum Gasteiger partial charge on any atom is 0.270 e. The second kappa shape index (κ2) is 11.3. The van der Waals surface area contributed by atoms with Gasteiger partial charge >= 0.3 is 0 Å². The van der Waals surface area contributed by atoms with Crippen molar-refractivity contribution in [1.29, 1.82) is 0 Å². The van der Waals surface area contributed by atoms with Crippen LogP contribution in [0.2, 0.25) is 5.02 Å². The molecular formula is C24H22ClN3O7. The van der Waals surface area contributed by atoms with Crippen LogP contribution in [-0.2, 0) is 11.2 Å². The molecule has 2 aromatic carbocycles. The van der Waals surface area contributed by atoms with Gasteiger partial charge < -0.3 is 14.8 Å². The van der Waals surface area contributed by atoms with E-state index in [-0.39, 0.29) is 22.8 Å². The van der Waals surface area contributed by atoms with Gasteiger partial charge in [-0.3, -0.25) is 29.1 Å². The second-order valence-electron chi connectivity index (χ2n) is 7.40. The highest BCUT2D eigenvalue weighted by Crippen LogP contribution is 2.27. The number of carbonyl (C=O) groups is 2. The van der Waals surface area contributed by atoms with E-state index in [9.17, 15) is 24.5 Å². The van der Waals surface area contributed by atoms with Gasteiger partial charge in [0.2, 0.25) is 0 Å². The molecule has 0 radical (unpaired) electrons. The van der Waals surface area contributed by atoms with Crippen molar-refractivity contribution in [2.75, 3.05) is 20.8 Å². The van der Waals surface area contributed by atoms with Gasteiger partial charge in [-0.05, 0) is 30.2 Å². The Bertz CT molecular complexity index is 1320. The molecule has 0 fully saturated rings. The van der Waals surface area contributed by atoms with Crippen LogP contribution in [0.15, 0.2) is 65.6 Å².